The average Bonchev–Trinajstić information content (AvgIpc) is 3.02. The molecule has 3 nitrogen and oxygen atoms in total. The van der Waals surface area contributed by atoms with E-state index in [0.717, 1.165) is 22.9 Å². The number of benzene rings is 1. The molecule has 0 amide bonds. The quantitative estimate of drug-likeness (QED) is 0.681. The molecule has 0 bridgehead atoms. The maximum Gasteiger partial charge on any atom is 0.164 e. The van der Waals surface area contributed by atoms with Gasteiger partial charge in [-0.3, -0.25) is 9.48 Å². The van der Waals surface area contributed by atoms with Crippen LogP contribution in [0, 0.1) is 0 Å². The van der Waals surface area contributed by atoms with Crippen molar-refractivity contribution in [3.8, 4) is 0 Å². The first-order valence-corrected chi connectivity index (χ1v) is 7.09. The Bertz CT molecular complexity index is 726. The number of thiophene rings is 1. The van der Waals surface area contributed by atoms with Crippen LogP contribution in [-0.2, 0) is 13.5 Å². The van der Waals surface area contributed by atoms with Gasteiger partial charge in [0, 0.05) is 40.7 Å². The second kappa shape index (κ2) is 4.97. The third kappa shape index (κ3) is 2.44. The molecule has 3 rings (SSSR count). The number of ketones is 1. The Hall–Kier alpha value is -1.94. The number of nitrogens with zero attached hydrogens (tertiary/aromatic N) is 2. The highest BCUT2D eigenvalue weighted by Gasteiger charge is 2.12. The van der Waals surface area contributed by atoms with Crippen molar-refractivity contribution < 1.29 is 4.79 Å². The van der Waals surface area contributed by atoms with Crippen LogP contribution in [0.3, 0.4) is 0 Å². The van der Waals surface area contributed by atoms with Gasteiger partial charge < -0.3 is 0 Å². The van der Waals surface area contributed by atoms with Crippen molar-refractivity contribution in [1.29, 1.82) is 0 Å². The number of aryl methyl sites for hydroxylation is 2. The summed E-state index contributed by atoms with van der Waals surface area (Å²) in [5.41, 5.74) is 1.96. The van der Waals surface area contributed by atoms with E-state index in [-0.39, 0.29) is 5.78 Å². The van der Waals surface area contributed by atoms with Gasteiger partial charge in [0.15, 0.2) is 5.78 Å². The van der Waals surface area contributed by atoms with Gasteiger partial charge in [-0.25, -0.2) is 0 Å². The van der Waals surface area contributed by atoms with Crippen LogP contribution < -0.4 is 0 Å². The first-order valence-electron chi connectivity index (χ1n) is 6.21. The van der Waals surface area contributed by atoms with Crippen LogP contribution in [0.5, 0.6) is 0 Å². The zero-order valence-electron chi connectivity index (χ0n) is 10.7. The molecule has 2 aromatic heterocycles. The van der Waals surface area contributed by atoms with Gasteiger partial charge in [-0.15, -0.1) is 11.3 Å². The molecule has 0 saturated carbocycles. The van der Waals surface area contributed by atoms with Crippen molar-refractivity contribution in [3.63, 3.8) is 0 Å². The Labute approximate surface area is 115 Å². The molecule has 96 valence electrons. The van der Waals surface area contributed by atoms with Crippen molar-refractivity contribution in [3.05, 3.63) is 53.2 Å². The molecule has 2 heterocycles. The topological polar surface area (TPSA) is 34.9 Å². The van der Waals surface area contributed by atoms with Crippen molar-refractivity contribution in [2.75, 3.05) is 0 Å². The van der Waals surface area contributed by atoms with Gasteiger partial charge in [-0.05, 0) is 18.1 Å². The number of carbonyl (C=O) groups excluding carboxylic acids is 1. The molecule has 0 saturated heterocycles. The third-order valence-electron chi connectivity index (χ3n) is 3.18. The van der Waals surface area contributed by atoms with Crippen molar-refractivity contribution >= 4 is 27.2 Å². The highest BCUT2D eigenvalue weighted by atomic mass is 32.1. The van der Waals surface area contributed by atoms with Crippen LogP contribution in [0.25, 0.3) is 10.1 Å². The molecule has 0 spiro atoms. The molecule has 19 heavy (non-hydrogen) atoms. The fraction of sp³-hybridized carbons (Fsp3) is 0.200. The first-order chi connectivity index (χ1) is 9.24. The molecule has 0 aliphatic carbocycles. The lowest BCUT2D eigenvalue weighted by Crippen LogP contribution is -1.99. The maximum atomic E-state index is 12.3. The molecule has 0 fully saturated rings. The van der Waals surface area contributed by atoms with Crippen LogP contribution >= 0.6 is 11.3 Å². The molecule has 0 atom stereocenters. The summed E-state index contributed by atoms with van der Waals surface area (Å²) in [6, 6.07) is 8.05. The smallest absolute Gasteiger partial charge is 0.164 e. The van der Waals surface area contributed by atoms with Crippen LogP contribution in [0.1, 0.15) is 22.3 Å². The Morgan fingerprint density at radius 1 is 1.37 bits per heavy atom. The van der Waals surface area contributed by atoms with E-state index < -0.39 is 0 Å². The van der Waals surface area contributed by atoms with Crippen LogP contribution in [0.15, 0.2) is 42.0 Å². The van der Waals surface area contributed by atoms with Crippen molar-refractivity contribution in [2.45, 2.75) is 12.8 Å². The predicted octanol–water partition coefficient (Wildman–Crippen LogP) is 3.45. The number of fused-ring (bicyclic) bond motifs is 1. The third-order valence-corrected chi connectivity index (χ3v) is 4.14. The Morgan fingerprint density at radius 3 is 3.00 bits per heavy atom. The van der Waals surface area contributed by atoms with Crippen molar-refractivity contribution in [1.82, 2.24) is 9.78 Å². The van der Waals surface area contributed by atoms with E-state index in [1.54, 1.807) is 16.0 Å². The number of rotatable bonds is 4. The molecule has 1 aromatic carbocycles. The molecule has 4 heteroatoms. The average molecular weight is 270 g/mol. The molecular formula is C15H14N2OS. The summed E-state index contributed by atoms with van der Waals surface area (Å²) in [7, 11) is 1.89. The molecule has 0 radical (unpaired) electrons. The first kappa shape index (κ1) is 12.1. The zero-order chi connectivity index (χ0) is 13.2. The van der Waals surface area contributed by atoms with Crippen LogP contribution in [-0.4, -0.2) is 15.6 Å². The minimum absolute atomic E-state index is 0.210. The highest BCUT2D eigenvalue weighted by molar-refractivity contribution is 7.17. The van der Waals surface area contributed by atoms with E-state index in [9.17, 15) is 4.79 Å². The minimum atomic E-state index is 0.210. The second-order valence-electron chi connectivity index (χ2n) is 4.59. The van der Waals surface area contributed by atoms with E-state index in [1.165, 1.54) is 4.70 Å². The maximum absolute atomic E-state index is 12.3. The lowest BCUT2D eigenvalue weighted by molar-refractivity contribution is 0.0985. The van der Waals surface area contributed by atoms with Gasteiger partial charge in [0.25, 0.3) is 0 Å². The van der Waals surface area contributed by atoms with Crippen LogP contribution in [0.4, 0.5) is 0 Å². The second-order valence-corrected chi connectivity index (χ2v) is 5.50. The summed E-state index contributed by atoms with van der Waals surface area (Å²) in [5.74, 6) is 0.210. The van der Waals surface area contributed by atoms with Crippen molar-refractivity contribution in [2.24, 2.45) is 7.05 Å². The lowest BCUT2D eigenvalue weighted by atomic mass is 10.0. The number of carbonyl (C=O) groups is 1. The summed E-state index contributed by atoms with van der Waals surface area (Å²) >= 11 is 1.63. The van der Waals surface area contributed by atoms with Crippen LogP contribution in [0.2, 0.25) is 0 Å². The molecule has 0 aliphatic heterocycles. The number of hydrogen-bond donors (Lipinski definition) is 0. The lowest BCUT2D eigenvalue weighted by Gasteiger charge is -1.98. The monoisotopic (exact) mass is 270 g/mol. The van der Waals surface area contributed by atoms with Gasteiger partial charge in [0.2, 0.25) is 0 Å². The Morgan fingerprint density at radius 2 is 2.21 bits per heavy atom. The Balaban J connectivity index is 1.77. The van der Waals surface area contributed by atoms with Gasteiger partial charge in [0.1, 0.15) is 0 Å². The predicted molar refractivity (Wildman–Crippen MR) is 77.7 cm³/mol. The summed E-state index contributed by atoms with van der Waals surface area (Å²) in [6.07, 6.45) is 5.06. The normalized spacial score (nSPS) is 11.0. The SMILES string of the molecule is Cn1cc(CCC(=O)c2csc3ccccc23)cn1. The largest absolute Gasteiger partial charge is 0.294 e. The van der Waals surface area contributed by atoms with Gasteiger partial charge in [-0.1, -0.05) is 18.2 Å². The summed E-state index contributed by atoms with van der Waals surface area (Å²) in [6.45, 7) is 0. The standard InChI is InChI=1S/C15H14N2OS/c1-17-9-11(8-16-17)6-7-14(18)13-10-19-15-5-3-2-4-12(13)15/h2-5,8-10H,6-7H2,1H3. The van der Waals surface area contributed by atoms with E-state index in [0.29, 0.717) is 6.42 Å². The van der Waals surface area contributed by atoms with E-state index in [2.05, 4.69) is 11.2 Å². The van der Waals surface area contributed by atoms with E-state index >= 15 is 0 Å². The molecular weight excluding hydrogens is 256 g/mol. The molecule has 3 aromatic rings. The molecule has 0 N–H and O–H groups in total. The summed E-state index contributed by atoms with van der Waals surface area (Å²) in [4.78, 5) is 12.3. The molecule has 0 unspecified atom stereocenters. The highest BCUT2D eigenvalue weighted by Crippen LogP contribution is 2.26. The summed E-state index contributed by atoms with van der Waals surface area (Å²) in [5, 5.41) is 7.16. The zero-order valence-corrected chi connectivity index (χ0v) is 11.5. The number of hydrogen-bond acceptors (Lipinski definition) is 3. The minimum Gasteiger partial charge on any atom is -0.294 e. The number of aromatic nitrogens is 2. The van der Waals surface area contributed by atoms with E-state index in [4.69, 9.17) is 0 Å². The molecule has 0 aliphatic rings. The van der Waals surface area contributed by atoms with Gasteiger partial charge in [0.05, 0.1) is 6.20 Å². The Kier molecular flexibility index (Phi) is 3.17. The number of Topliss-reactive ketones (excluding diaryl/α,β-unsaturated/α-hetero) is 1. The van der Waals surface area contributed by atoms with Gasteiger partial charge in [-0.2, -0.15) is 5.10 Å². The fourth-order valence-corrected chi connectivity index (χ4v) is 3.15. The fourth-order valence-electron chi connectivity index (χ4n) is 2.19. The van der Waals surface area contributed by atoms with Gasteiger partial charge >= 0.3 is 0 Å². The summed E-state index contributed by atoms with van der Waals surface area (Å²) < 4.78 is 2.94. The van der Waals surface area contributed by atoms with E-state index in [1.807, 2.05) is 43.0 Å².